The fraction of sp³-hybridized carbons (Fsp3) is 0.0526. The molecule has 0 aliphatic rings. The number of nitrogens with zero attached hydrogens (tertiary/aromatic N) is 2. The zero-order valence-corrected chi connectivity index (χ0v) is 13.0. The van der Waals surface area contributed by atoms with Crippen molar-refractivity contribution in [2.24, 2.45) is 0 Å². The number of benzene rings is 2. The van der Waals surface area contributed by atoms with Gasteiger partial charge in [-0.1, -0.05) is 30.3 Å². The fourth-order valence-corrected chi connectivity index (χ4v) is 2.28. The molecule has 0 radical (unpaired) electrons. The van der Waals surface area contributed by atoms with E-state index in [0.29, 0.717) is 5.82 Å². The van der Waals surface area contributed by atoms with E-state index in [1.807, 2.05) is 54.6 Å². The van der Waals surface area contributed by atoms with E-state index in [-0.39, 0.29) is 11.3 Å². The van der Waals surface area contributed by atoms with E-state index in [4.69, 9.17) is 4.74 Å². The number of aliphatic hydroxyl groups excluding tert-OH is 1. The molecule has 0 saturated heterocycles. The minimum Gasteiger partial charge on any atom is -0.506 e. The summed E-state index contributed by atoms with van der Waals surface area (Å²) >= 11 is 0. The Balaban J connectivity index is 1.91. The van der Waals surface area contributed by atoms with Gasteiger partial charge >= 0.3 is 0 Å². The molecule has 0 atom stereocenters. The first-order valence-electron chi connectivity index (χ1n) is 7.32. The maximum absolute atomic E-state index is 10.2. The summed E-state index contributed by atoms with van der Waals surface area (Å²) in [5.74, 6) is 0.954. The summed E-state index contributed by atoms with van der Waals surface area (Å²) in [7, 11) is 1.60. The molecule has 0 unspecified atom stereocenters. The number of nitrogens with one attached hydrogen (secondary N) is 1. The van der Waals surface area contributed by atoms with Crippen molar-refractivity contribution in [3.63, 3.8) is 0 Å². The van der Waals surface area contributed by atoms with E-state index in [2.05, 4.69) is 9.97 Å². The van der Waals surface area contributed by atoms with E-state index in [9.17, 15) is 10.4 Å². The molecule has 0 bridgehead atoms. The molecule has 3 rings (SSSR count). The van der Waals surface area contributed by atoms with Crippen LogP contribution in [0.25, 0.3) is 22.7 Å². The number of para-hydroxylation sites is 2. The predicted octanol–water partition coefficient (Wildman–Crippen LogP) is 4.08. The smallest absolute Gasteiger partial charge is 0.152 e. The van der Waals surface area contributed by atoms with Crippen LogP contribution in [0.4, 0.5) is 0 Å². The van der Waals surface area contributed by atoms with Gasteiger partial charge < -0.3 is 14.8 Å². The average molecular weight is 317 g/mol. The summed E-state index contributed by atoms with van der Waals surface area (Å²) < 4.78 is 5.10. The number of H-pyrrole nitrogens is 1. The highest BCUT2D eigenvalue weighted by Gasteiger charge is 2.11. The maximum atomic E-state index is 10.2. The summed E-state index contributed by atoms with van der Waals surface area (Å²) in [6, 6.07) is 16.8. The summed E-state index contributed by atoms with van der Waals surface area (Å²) in [6.45, 7) is 0. The predicted molar refractivity (Wildman–Crippen MR) is 93.3 cm³/mol. The van der Waals surface area contributed by atoms with Crippen LogP contribution in [0.5, 0.6) is 5.75 Å². The van der Waals surface area contributed by atoms with Gasteiger partial charge in [0.15, 0.2) is 5.82 Å². The van der Waals surface area contributed by atoms with E-state index < -0.39 is 0 Å². The van der Waals surface area contributed by atoms with Gasteiger partial charge in [-0.3, -0.25) is 0 Å². The second-order valence-corrected chi connectivity index (χ2v) is 5.08. The minimum absolute atomic E-state index is 0.0935. The van der Waals surface area contributed by atoms with E-state index in [0.717, 1.165) is 22.3 Å². The quantitative estimate of drug-likeness (QED) is 0.431. The van der Waals surface area contributed by atoms with Crippen LogP contribution in [-0.2, 0) is 0 Å². The van der Waals surface area contributed by atoms with Gasteiger partial charge in [-0.25, -0.2) is 4.98 Å². The fourth-order valence-electron chi connectivity index (χ4n) is 2.28. The van der Waals surface area contributed by atoms with Crippen LogP contribution in [0.2, 0.25) is 0 Å². The number of ether oxygens (including phenoxy) is 1. The van der Waals surface area contributed by atoms with Gasteiger partial charge in [-0.2, -0.15) is 5.26 Å². The van der Waals surface area contributed by atoms with Crippen molar-refractivity contribution in [2.75, 3.05) is 7.11 Å². The van der Waals surface area contributed by atoms with Gasteiger partial charge in [-0.15, -0.1) is 0 Å². The van der Waals surface area contributed by atoms with Crippen molar-refractivity contribution < 1.29 is 9.84 Å². The van der Waals surface area contributed by atoms with Gasteiger partial charge in [-0.05, 0) is 35.9 Å². The van der Waals surface area contributed by atoms with E-state index in [1.54, 1.807) is 13.2 Å². The number of nitriles is 1. The molecule has 5 heteroatoms. The van der Waals surface area contributed by atoms with Crippen LogP contribution >= 0.6 is 0 Å². The first-order chi connectivity index (χ1) is 11.7. The Morgan fingerprint density at radius 2 is 1.96 bits per heavy atom. The lowest BCUT2D eigenvalue weighted by Crippen LogP contribution is -1.90. The van der Waals surface area contributed by atoms with Crippen molar-refractivity contribution in [3.05, 3.63) is 71.8 Å². The topological polar surface area (TPSA) is 81.9 Å². The molecule has 0 aliphatic carbocycles. The molecule has 1 aromatic heterocycles. The number of fused-ring (bicyclic) bond motifs is 1. The third-order valence-corrected chi connectivity index (χ3v) is 3.54. The number of hydrogen-bond donors (Lipinski definition) is 2. The van der Waals surface area contributed by atoms with Gasteiger partial charge in [0.25, 0.3) is 0 Å². The largest absolute Gasteiger partial charge is 0.506 e. The number of allylic oxidation sites excluding steroid dienone is 2. The number of aromatic nitrogens is 2. The van der Waals surface area contributed by atoms with Crippen LogP contribution < -0.4 is 4.74 Å². The highest BCUT2D eigenvalue weighted by atomic mass is 16.5. The first kappa shape index (κ1) is 15.4. The molecule has 1 heterocycles. The molecule has 2 aromatic carbocycles. The molecule has 2 N–H and O–H groups in total. The number of hydrogen-bond acceptors (Lipinski definition) is 4. The number of imidazole rings is 1. The third kappa shape index (κ3) is 3.13. The monoisotopic (exact) mass is 317 g/mol. The molecular formula is C19H15N3O2. The SMILES string of the molecule is COc1ccc(/C=C/C(O)=C(\C#N)c2nc3ccccc3[nH]2)cc1. The Hall–Kier alpha value is -3.52. The van der Waals surface area contributed by atoms with Gasteiger partial charge in [0, 0.05) is 0 Å². The van der Waals surface area contributed by atoms with Gasteiger partial charge in [0.1, 0.15) is 23.2 Å². The molecule has 0 spiro atoms. The molecule has 3 aromatic rings. The zero-order valence-electron chi connectivity index (χ0n) is 13.0. The minimum atomic E-state index is -0.146. The van der Waals surface area contributed by atoms with Crippen molar-refractivity contribution in [1.82, 2.24) is 9.97 Å². The zero-order chi connectivity index (χ0) is 16.9. The van der Waals surface area contributed by atoms with Crippen LogP contribution in [0.1, 0.15) is 11.4 Å². The Bertz CT molecular complexity index is 927. The Labute approximate surface area is 139 Å². The van der Waals surface area contributed by atoms with Gasteiger partial charge in [0.2, 0.25) is 0 Å². The lowest BCUT2D eigenvalue weighted by atomic mass is 10.1. The number of aromatic amines is 1. The molecule has 0 amide bonds. The van der Waals surface area contributed by atoms with Crippen molar-refractivity contribution >= 4 is 22.7 Å². The van der Waals surface area contributed by atoms with Crippen LogP contribution in [0.3, 0.4) is 0 Å². The summed E-state index contributed by atoms with van der Waals surface area (Å²) in [5, 5.41) is 19.6. The molecule has 118 valence electrons. The Kier molecular flexibility index (Phi) is 4.30. The number of aliphatic hydroxyl groups is 1. The lowest BCUT2D eigenvalue weighted by molar-refractivity contribution is 0.415. The average Bonchev–Trinajstić information content (AvgIpc) is 3.04. The van der Waals surface area contributed by atoms with Crippen LogP contribution in [0.15, 0.2) is 60.4 Å². The van der Waals surface area contributed by atoms with Crippen molar-refractivity contribution in [3.8, 4) is 11.8 Å². The normalized spacial score (nSPS) is 12.2. The van der Waals surface area contributed by atoms with Crippen molar-refractivity contribution in [1.29, 1.82) is 5.26 Å². The summed E-state index contributed by atoms with van der Waals surface area (Å²) in [5.41, 5.74) is 2.53. The summed E-state index contributed by atoms with van der Waals surface area (Å²) in [6.07, 6.45) is 3.20. The molecule has 0 fully saturated rings. The molecule has 0 aliphatic heterocycles. The highest BCUT2D eigenvalue weighted by Crippen LogP contribution is 2.20. The lowest BCUT2D eigenvalue weighted by Gasteiger charge is -1.99. The Morgan fingerprint density at radius 1 is 1.21 bits per heavy atom. The molecule has 5 nitrogen and oxygen atoms in total. The van der Waals surface area contributed by atoms with Crippen LogP contribution in [-0.4, -0.2) is 22.2 Å². The third-order valence-electron chi connectivity index (χ3n) is 3.54. The van der Waals surface area contributed by atoms with E-state index in [1.165, 1.54) is 6.08 Å². The van der Waals surface area contributed by atoms with Gasteiger partial charge in [0.05, 0.1) is 18.1 Å². The second kappa shape index (κ2) is 6.71. The summed E-state index contributed by atoms with van der Waals surface area (Å²) in [4.78, 5) is 7.38. The molecular weight excluding hydrogens is 302 g/mol. The number of rotatable bonds is 4. The Morgan fingerprint density at radius 3 is 2.62 bits per heavy atom. The maximum Gasteiger partial charge on any atom is 0.152 e. The second-order valence-electron chi connectivity index (χ2n) is 5.08. The highest BCUT2D eigenvalue weighted by molar-refractivity contribution is 5.83. The molecule has 24 heavy (non-hydrogen) atoms. The standard InChI is InChI=1S/C19H15N3O2/c1-24-14-9-6-13(7-10-14)8-11-18(23)15(12-20)19-21-16-4-2-3-5-17(16)22-19/h2-11,23H,1H3,(H,21,22)/b11-8+,18-15-. The molecule has 0 saturated carbocycles. The van der Waals surface area contributed by atoms with E-state index >= 15 is 0 Å². The first-order valence-corrected chi connectivity index (χ1v) is 7.32. The van der Waals surface area contributed by atoms with Crippen molar-refractivity contribution in [2.45, 2.75) is 0 Å². The van der Waals surface area contributed by atoms with Crippen LogP contribution in [0, 0.1) is 11.3 Å². The number of methoxy groups -OCH3 is 1.